The minimum Gasteiger partial charge on any atom is -0.461 e. The van der Waals surface area contributed by atoms with Gasteiger partial charge in [0.25, 0.3) is 5.56 Å². The van der Waals surface area contributed by atoms with Crippen molar-refractivity contribution in [1.82, 2.24) is 19.5 Å². The van der Waals surface area contributed by atoms with E-state index in [4.69, 9.17) is 4.74 Å². The molecule has 2 aliphatic rings. The van der Waals surface area contributed by atoms with Gasteiger partial charge in [0, 0.05) is 12.5 Å². The van der Waals surface area contributed by atoms with Crippen LogP contribution in [-0.4, -0.2) is 25.6 Å². The summed E-state index contributed by atoms with van der Waals surface area (Å²) in [5, 5.41) is 0. The SMILES string of the molecule is CCCn1c(OC2CCCC2)nc2nc(C3CCCC3)[nH]c2c1=O. The van der Waals surface area contributed by atoms with Crippen molar-refractivity contribution in [1.29, 1.82) is 0 Å². The van der Waals surface area contributed by atoms with Crippen molar-refractivity contribution in [3.05, 3.63) is 16.2 Å². The number of hydrogen-bond donors (Lipinski definition) is 1. The zero-order chi connectivity index (χ0) is 16.5. The van der Waals surface area contributed by atoms with Crippen LogP contribution in [0.25, 0.3) is 11.2 Å². The van der Waals surface area contributed by atoms with Crippen molar-refractivity contribution in [2.24, 2.45) is 0 Å². The van der Waals surface area contributed by atoms with Gasteiger partial charge in [0.05, 0.1) is 0 Å². The highest BCUT2D eigenvalue weighted by Crippen LogP contribution is 2.33. The third-order valence-corrected chi connectivity index (χ3v) is 5.36. The third-order valence-electron chi connectivity index (χ3n) is 5.36. The first kappa shape index (κ1) is 15.7. The number of ether oxygens (including phenoxy) is 1. The number of rotatable bonds is 5. The molecule has 0 atom stereocenters. The Labute approximate surface area is 141 Å². The molecule has 2 aliphatic carbocycles. The van der Waals surface area contributed by atoms with Gasteiger partial charge >= 0.3 is 6.01 Å². The molecule has 24 heavy (non-hydrogen) atoms. The van der Waals surface area contributed by atoms with E-state index >= 15 is 0 Å². The summed E-state index contributed by atoms with van der Waals surface area (Å²) in [5.41, 5.74) is 0.998. The summed E-state index contributed by atoms with van der Waals surface area (Å²) in [6, 6.07) is 0.450. The smallest absolute Gasteiger partial charge is 0.301 e. The summed E-state index contributed by atoms with van der Waals surface area (Å²) in [7, 11) is 0. The summed E-state index contributed by atoms with van der Waals surface area (Å²) in [6.45, 7) is 2.69. The van der Waals surface area contributed by atoms with Crippen molar-refractivity contribution in [2.45, 2.75) is 83.3 Å². The monoisotopic (exact) mass is 330 g/mol. The lowest BCUT2D eigenvalue weighted by Crippen LogP contribution is -2.26. The second-order valence-corrected chi connectivity index (χ2v) is 7.18. The zero-order valence-electron chi connectivity index (χ0n) is 14.4. The van der Waals surface area contributed by atoms with Crippen LogP contribution in [0.15, 0.2) is 4.79 Å². The van der Waals surface area contributed by atoms with E-state index in [0.29, 0.717) is 29.6 Å². The molecule has 1 N–H and O–H groups in total. The highest BCUT2D eigenvalue weighted by molar-refractivity contribution is 5.70. The summed E-state index contributed by atoms with van der Waals surface area (Å²) in [6.07, 6.45) is 10.3. The molecule has 4 rings (SSSR count). The average Bonchev–Trinajstić information content (AvgIpc) is 3.30. The second-order valence-electron chi connectivity index (χ2n) is 7.18. The van der Waals surface area contributed by atoms with Gasteiger partial charge in [-0.3, -0.25) is 9.36 Å². The van der Waals surface area contributed by atoms with Gasteiger partial charge in [0.15, 0.2) is 11.2 Å². The summed E-state index contributed by atoms with van der Waals surface area (Å²) in [5.74, 6) is 1.37. The molecule has 0 saturated heterocycles. The van der Waals surface area contributed by atoms with Crippen LogP contribution in [0.5, 0.6) is 6.01 Å². The largest absolute Gasteiger partial charge is 0.461 e. The minimum absolute atomic E-state index is 0.0495. The van der Waals surface area contributed by atoms with E-state index < -0.39 is 0 Å². The van der Waals surface area contributed by atoms with Gasteiger partial charge in [-0.1, -0.05) is 19.8 Å². The Balaban J connectivity index is 1.75. The van der Waals surface area contributed by atoms with Crippen molar-refractivity contribution in [2.75, 3.05) is 0 Å². The van der Waals surface area contributed by atoms with Gasteiger partial charge in [-0.15, -0.1) is 0 Å². The third kappa shape index (κ3) is 2.82. The molecule has 0 unspecified atom stereocenters. The lowest BCUT2D eigenvalue weighted by molar-refractivity contribution is 0.180. The van der Waals surface area contributed by atoms with E-state index in [9.17, 15) is 4.79 Å². The van der Waals surface area contributed by atoms with E-state index in [0.717, 1.165) is 37.9 Å². The maximum Gasteiger partial charge on any atom is 0.301 e. The number of H-pyrrole nitrogens is 1. The first-order valence-corrected chi connectivity index (χ1v) is 9.43. The molecule has 0 amide bonds. The average molecular weight is 330 g/mol. The second kappa shape index (κ2) is 6.57. The predicted molar refractivity (Wildman–Crippen MR) is 92.5 cm³/mol. The molecule has 130 valence electrons. The predicted octanol–water partition coefficient (Wildman–Crippen LogP) is 3.51. The molecular formula is C18H26N4O2. The quantitative estimate of drug-likeness (QED) is 0.910. The Morgan fingerprint density at radius 1 is 1.12 bits per heavy atom. The van der Waals surface area contributed by atoms with Gasteiger partial charge in [-0.2, -0.15) is 4.98 Å². The van der Waals surface area contributed by atoms with Crippen LogP contribution < -0.4 is 10.3 Å². The number of aromatic nitrogens is 4. The molecule has 2 heterocycles. The topological polar surface area (TPSA) is 72.8 Å². The first-order valence-electron chi connectivity index (χ1n) is 9.43. The molecule has 2 aromatic rings. The van der Waals surface area contributed by atoms with Crippen molar-refractivity contribution < 1.29 is 4.74 Å². The summed E-state index contributed by atoms with van der Waals surface area (Å²) < 4.78 is 7.76. The highest BCUT2D eigenvalue weighted by atomic mass is 16.5. The fourth-order valence-corrected chi connectivity index (χ4v) is 4.04. The first-order chi connectivity index (χ1) is 11.8. The lowest BCUT2D eigenvalue weighted by atomic mass is 10.1. The molecule has 0 aliphatic heterocycles. The molecule has 0 aromatic carbocycles. The number of imidazole rings is 1. The van der Waals surface area contributed by atoms with Gasteiger partial charge in [0.1, 0.15) is 11.9 Å². The Morgan fingerprint density at radius 3 is 2.54 bits per heavy atom. The number of nitrogens with one attached hydrogen (secondary N) is 1. The van der Waals surface area contributed by atoms with Gasteiger partial charge < -0.3 is 9.72 Å². The molecule has 0 spiro atoms. The van der Waals surface area contributed by atoms with E-state index in [-0.39, 0.29) is 11.7 Å². The summed E-state index contributed by atoms with van der Waals surface area (Å²) in [4.78, 5) is 25.4. The molecule has 2 saturated carbocycles. The number of hydrogen-bond acceptors (Lipinski definition) is 4. The van der Waals surface area contributed by atoms with E-state index in [1.54, 1.807) is 4.57 Å². The fraction of sp³-hybridized carbons (Fsp3) is 0.722. The lowest BCUT2D eigenvalue weighted by Gasteiger charge is -2.16. The maximum absolute atomic E-state index is 12.9. The van der Waals surface area contributed by atoms with Crippen LogP contribution in [-0.2, 0) is 6.54 Å². The Morgan fingerprint density at radius 2 is 1.83 bits per heavy atom. The van der Waals surface area contributed by atoms with E-state index in [1.807, 2.05) is 0 Å². The van der Waals surface area contributed by atoms with Crippen molar-refractivity contribution in [3.63, 3.8) is 0 Å². The van der Waals surface area contributed by atoms with Crippen LogP contribution in [0, 0.1) is 0 Å². The number of aromatic amines is 1. The molecule has 0 bridgehead atoms. The number of fused-ring (bicyclic) bond motifs is 1. The number of nitrogens with zero attached hydrogens (tertiary/aromatic N) is 3. The highest BCUT2D eigenvalue weighted by Gasteiger charge is 2.24. The minimum atomic E-state index is -0.0495. The van der Waals surface area contributed by atoms with E-state index in [2.05, 4.69) is 21.9 Å². The van der Waals surface area contributed by atoms with Gasteiger partial charge in [-0.25, -0.2) is 4.98 Å². The van der Waals surface area contributed by atoms with Crippen LogP contribution >= 0.6 is 0 Å². The van der Waals surface area contributed by atoms with Crippen LogP contribution in [0.1, 0.15) is 76.5 Å². The molecule has 6 heteroatoms. The normalized spacial score (nSPS) is 19.5. The maximum atomic E-state index is 12.9. The molecule has 6 nitrogen and oxygen atoms in total. The summed E-state index contributed by atoms with van der Waals surface area (Å²) >= 11 is 0. The van der Waals surface area contributed by atoms with Crippen LogP contribution in [0.3, 0.4) is 0 Å². The van der Waals surface area contributed by atoms with Gasteiger partial charge in [-0.05, 0) is 44.9 Å². The molecule has 0 radical (unpaired) electrons. The Hall–Kier alpha value is -1.85. The zero-order valence-corrected chi connectivity index (χ0v) is 14.4. The van der Waals surface area contributed by atoms with Crippen LogP contribution in [0.2, 0.25) is 0 Å². The molecular weight excluding hydrogens is 304 g/mol. The Kier molecular flexibility index (Phi) is 4.29. The van der Waals surface area contributed by atoms with E-state index in [1.165, 1.54) is 25.7 Å². The van der Waals surface area contributed by atoms with Crippen molar-refractivity contribution >= 4 is 11.2 Å². The van der Waals surface area contributed by atoms with Gasteiger partial charge in [0.2, 0.25) is 0 Å². The molecule has 2 fully saturated rings. The Bertz CT molecular complexity index is 767. The molecule has 2 aromatic heterocycles. The fourth-order valence-electron chi connectivity index (χ4n) is 4.04. The van der Waals surface area contributed by atoms with Crippen LogP contribution in [0.4, 0.5) is 0 Å². The standard InChI is InChI=1S/C18H26N4O2/c1-2-11-22-17(23)14-16(20-15(19-14)12-7-3-4-8-12)21-18(22)24-13-9-5-6-10-13/h12-13H,2-11H2,1H3,(H,19,20). The van der Waals surface area contributed by atoms with Crippen molar-refractivity contribution in [3.8, 4) is 6.01 Å².